The number of aryl methyl sites for hydroxylation is 2. The van der Waals surface area contributed by atoms with Gasteiger partial charge < -0.3 is 10.0 Å². The molecule has 0 radical (unpaired) electrons. The third kappa shape index (κ3) is 5.12. The van der Waals surface area contributed by atoms with Crippen molar-refractivity contribution in [3.63, 3.8) is 0 Å². The quantitative estimate of drug-likeness (QED) is 0.855. The van der Waals surface area contributed by atoms with Gasteiger partial charge in [-0.3, -0.25) is 9.59 Å². The van der Waals surface area contributed by atoms with Crippen LogP contribution in [-0.4, -0.2) is 35.5 Å². The molecule has 0 bridgehead atoms. The van der Waals surface area contributed by atoms with Gasteiger partial charge in [0.25, 0.3) is 0 Å². The Bertz CT molecular complexity index is 468. The second kappa shape index (κ2) is 6.92. The lowest BCUT2D eigenvalue weighted by Gasteiger charge is -2.17. The van der Waals surface area contributed by atoms with Gasteiger partial charge in [0, 0.05) is 20.0 Å². The third-order valence-corrected chi connectivity index (χ3v) is 3.16. The van der Waals surface area contributed by atoms with Crippen LogP contribution in [0.2, 0.25) is 0 Å². The van der Waals surface area contributed by atoms with Gasteiger partial charge in [0.15, 0.2) is 0 Å². The van der Waals surface area contributed by atoms with E-state index < -0.39 is 5.97 Å². The standard InChI is InChI=1S/C15H21NO3/c1-11-6-7-12(2)13(9-11)10-14(17)16(3)8-4-5-15(18)19/h6-7,9H,4-5,8,10H2,1-3H3,(H,18,19). The van der Waals surface area contributed by atoms with E-state index in [0.29, 0.717) is 19.4 Å². The van der Waals surface area contributed by atoms with E-state index in [4.69, 9.17) is 5.11 Å². The first kappa shape index (κ1) is 15.2. The lowest BCUT2D eigenvalue weighted by atomic mass is 10.0. The van der Waals surface area contributed by atoms with Crippen molar-refractivity contribution in [3.05, 3.63) is 34.9 Å². The Balaban J connectivity index is 2.54. The molecule has 104 valence electrons. The molecule has 19 heavy (non-hydrogen) atoms. The van der Waals surface area contributed by atoms with Gasteiger partial charge in [-0.15, -0.1) is 0 Å². The summed E-state index contributed by atoms with van der Waals surface area (Å²) in [6.07, 6.45) is 0.961. The number of carboxylic acids is 1. The summed E-state index contributed by atoms with van der Waals surface area (Å²) < 4.78 is 0. The molecule has 0 aliphatic heterocycles. The molecule has 0 heterocycles. The number of hydrogen-bond acceptors (Lipinski definition) is 2. The highest BCUT2D eigenvalue weighted by Gasteiger charge is 2.11. The summed E-state index contributed by atoms with van der Waals surface area (Å²) in [5.41, 5.74) is 3.29. The minimum Gasteiger partial charge on any atom is -0.481 e. The molecule has 0 atom stereocenters. The highest BCUT2D eigenvalue weighted by atomic mass is 16.4. The van der Waals surface area contributed by atoms with Gasteiger partial charge in [0.2, 0.25) is 5.91 Å². The zero-order valence-corrected chi connectivity index (χ0v) is 11.8. The smallest absolute Gasteiger partial charge is 0.303 e. The molecule has 0 unspecified atom stereocenters. The minimum absolute atomic E-state index is 0.0269. The fourth-order valence-electron chi connectivity index (χ4n) is 1.88. The van der Waals surface area contributed by atoms with Crippen LogP contribution in [0.1, 0.15) is 29.5 Å². The van der Waals surface area contributed by atoms with Crippen LogP contribution >= 0.6 is 0 Å². The van der Waals surface area contributed by atoms with Crippen molar-refractivity contribution in [1.82, 2.24) is 4.90 Å². The maximum atomic E-state index is 12.0. The van der Waals surface area contributed by atoms with Gasteiger partial charge in [0.1, 0.15) is 0 Å². The Hall–Kier alpha value is -1.84. The van der Waals surface area contributed by atoms with Crippen LogP contribution in [0.4, 0.5) is 0 Å². The maximum Gasteiger partial charge on any atom is 0.303 e. The van der Waals surface area contributed by atoms with Crippen LogP contribution in [-0.2, 0) is 16.0 Å². The van der Waals surface area contributed by atoms with Crippen molar-refractivity contribution in [2.75, 3.05) is 13.6 Å². The topological polar surface area (TPSA) is 57.6 Å². The number of rotatable bonds is 6. The van der Waals surface area contributed by atoms with Crippen LogP contribution in [0.25, 0.3) is 0 Å². The van der Waals surface area contributed by atoms with E-state index >= 15 is 0 Å². The highest BCUT2D eigenvalue weighted by Crippen LogP contribution is 2.12. The van der Waals surface area contributed by atoms with Gasteiger partial charge in [0.05, 0.1) is 6.42 Å². The number of benzene rings is 1. The largest absolute Gasteiger partial charge is 0.481 e. The van der Waals surface area contributed by atoms with Gasteiger partial charge in [-0.1, -0.05) is 23.8 Å². The number of carbonyl (C=O) groups excluding carboxylic acids is 1. The number of carbonyl (C=O) groups is 2. The lowest BCUT2D eigenvalue weighted by molar-refractivity contribution is -0.138. The second-order valence-corrected chi connectivity index (χ2v) is 4.92. The third-order valence-electron chi connectivity index (χ3n) is 3.16. The molecule has 0 spiro atoms. The van der Waals surface area contributed by atoms with Gasteiger partial charge >= 0.3 is 5.97 Å². The first-order valence-corrected chi connectivity index (χ1v) is 6.42. The summed E-state index contributed by atoms with van der Waals surface area (Å²) in [6, 6.07) is 6.07. The van der Waals surface area contributed by atoms with Gasteiger partial charge in [-0.2, -0.15) is 0 Å². The molecule has 0 saturated heterocycles. The summed E-state index contributed by atoms with van der Waals surface area (Å²) in [5.74, 6) is -0.797. The monoisotopic (exact) mass is 263 g/mol. The molecular formula is C15H21NO3. The van der Waals surface area contributed by atoms with E-state index in [9.17, 15) is 9.59 Å². The van der Waals surface area contributed by atoms with E-state index in [1.807, 2.05) is 32.0 Å². The molecule has 0 saturated carbocycles. The molecule has 1 aromatic rings. The van der Waals surface area contributed by atoms with Crippen molar-refractivity contribution in [3.8, 4) is 0 Å². The molecular weight excluding hydrogens is 242 g/mol. The first-order valence-electron chi connectivity index (χ1n) is 6.42. The Morgan fingerprint density at radius 3 is 2.58 bits per heavy atom. The molecule has 0 aromatic heterocycles. The Labute approximate surface area is 114 Å². The molecule has 1 N–H and O–H groups in total. The number of amides is 1. The van der Waals surface area contributed by atoms with Crippen LogP contribution in [0.15, 0.2) is 18.2 Å². The van der Waals surface area contributed by atoms with Gasteiger partial charge in [-0.25, -0.2) is 0 Å². The van der Waals surface area contributed by atoms with Crippen LogP contribution in [0.5, 0.6) is 0 Å². The fourth-order valence-corrected chi connectivity index (χ4v) is 1.88. The van der Waals surface area contributed by atoms with Crippen molar-refractivity contribution in [2.24, 2.45) is 0 Å². The molecule has 1 rings (SSSR count). The predicted octanol–water partition coefficient (Wildman–Crippen LogP) is 2.17. The Morgan fingerprint density at radius 2 is 1.95 bits per heavy atom. The highest BCUT2D eigenvalue weighted by molar-refractivity contribution is 5.79. The minimum atomic E-state index is -0.824. The van der Waals surface area contributed by atoms with Crippen LogP contribution in [0.3, 0.4) is 0 Å². The summed E-state index contributed by atoms with van der Waals surface area (Å²) in [6.45, 7) is 4.48. The lowest BCUT2D eigenvalue weighted by Crippen LogP contribution is -2.29. The molecule has 4 heteroatoms. The average Bonchev–Trinajstić information content (AvgIpc) is 2.33. The SMILES string of the molecule is Cc1ccc(C)c(CC(=O)N(C)CCCC(=O)O)c1. The van der Waals surface area contributed by atoms with Crippen molar-refractivity contribution in [1.29, 1.82) is 0 Å². The summed E-state index contributed by atoms with van der Waals surface area (Å²) in [5, 5.41) is 8.56. The molecule has 0 fully saturated rings. The molecule has 0 aliphatic rings. The summed E-state index contributed by atoms with van der Waals surface area (Å²) in [7, 11) is 1.72. The fraction of sp³-hybridized carbons (Fsp3) is 0.467. The van der Waals surface area contributed by atoms with Crippen molar-refractivity contribution in [2.45, 2.75) is 33.1 Å². The zero-order valence-electron chi connectivity index (χ0n) is 11.8. The number of likely N-dealkylation sites (N-methyl/N-ethyl adjacent to an activating group) is 1. The summed E-state index contributed by atoms with van der Waals surface area (Å²) >= 11 is 0. The molecule has 1 aromatic carbocycles. The average molecular weight is 263 g/mol. The van der Waals surface area contributed by atoms with Crippen LogP contribution in [0, 0.1) is 13.8 Å². The number of nitrogens with zero attached hydrogens (tertiary/aromatic N) is 1. The predicted molar refractivity (Wildman–Crippen MR) is 74.1 cm³/mol. The Morgan fingerprint density at radius 1 is 1.26 bits per heavy atom. The Kier molecular flexibility index (Phi) is 5.55. The number of carboxylic acid groups (broad SMARTS) is 1. The molecule has 1 amide bonds. The first-order chi connectivity index (χ1) is 8.90. The normalized spacial score (nSPS) is 10.3. The maximum absolute atomic E-state index is 12.0. The van der Waals surface area contributed by atoms with Crippen molar-refractivity contribution < 1.29 is 14.7 Å². The second-order valence-electron chi connectivity index (χ2n) is 4.92. The van der Waals surface area contributed by atoms with E-state index in [2.05, 4.69) is 0 Å². The van der Waals surface area contributed by atoms with Gasteiger partial charge in [-0.05, 0) is 31.4 Å². The van der Waals surface area contributed by atoms with Crippen molar-refractivity contribution >= 4 is 11.9 Å². The summed E-state index contributed by atoms with van der Waals surface area (Å²) in [4.78, 5) is 24.1. The van der Waals surface area contributed by atoms with E-state index in [0.717, 1.165) is 16.7 Å². The van der Waals surface area contributed by atoms with E-state index in [-0.39, 0.29) is 12.3 Å². The van der Waals surface area contributed by atoms with E-state index in [1.54, 1.807) is 11.9 Å². The van der Waals surface area contributed by atoms with Crippen LogP contribution < -0.4 is 0 Å². The number of aliphatic carboxylic acids is 1. The molecule has 0 aliphatic carbocycles. The van der Waals surface area contributed by atoms with E-state index in [1.165, 1.54) is 0 Å². The molecule has 4 nitrogen and oxygen atoms in total. The number of hydrogen-bond donors (Lipinski definition) is 1. The zero-order chi connectivity index (χ0) is 14.4.